The maximum atomic E-state index is 6.03. The lowest BCUT2D eigenvalue weighted by atomic mass is 9.88. The highest BCUT2D eigenvalue weighted by Gasteiger charge is 2.47. The van der Waals surface area contributed by atoms with Gasteiger partial charge in [-0.05, 0) is 12.5 Å². The average Bonchev–Trinajstić information content (AvgIpc) is 2.61. The van der Waals surface area contributed by atoms with Crippen LogP contribution in [0.1, 0.15) is 17.3 Å². The van der Waals surface area contributed by atoms with Crippen LogP contribution in [0.3, 0.4) is 0 Å². The van der Waals surface area contributed by atoms with Gasteiger partial charge in [0.25, 0.3) is 0 Å². The van der Waals surface area contributed by atoms with E-state index in [4.69, 9.17) is 9.47 Å². The number of methoxy groups -OCH3 is 1. The van der Waals surface area contributed by atoms with Crippen molar-refractivity contribution < 1.29 is 9.47 Å². The van der Waals surface area contributed by atoms with Gasteiger partial charge in [0.2, 0.25) is 0 Å². The van der Waals surface area contributed by atoms with E-state index in [9.17, 15) is 0 Å². The molecule has 16 heavy (non-hydrogen) atoms. The fraction of sp³-hybridized carbons (Fsp3) is 0.727. The first-order valence-corrected chi connectivity index (χ1v) is 5.65. The van der Waals surface area contributed by atoms with Gasteiger partial charge in [-0.1, -0.05) is 0 Å². The Kier molecular flexibility index (Phi) is 2.27. The molecule has 5 nitrogen and oxygen atoms in total. The summed E-state index contributed by atoms with van der Waals surface area (Å²) in [6.45, 7) is 5.21. The summed E-state index contributed by atoms with van der Waals surface area (Å²) in [5.74, 6) is 0. The highest BCUT2D eigenvalue weighted by atomic mass is 16.5. The molecule has 0 aromatic carbocycles. The molecule has 1 fully saturated rings. The third-order valence-corrected chi connectivity index (χ3v) is 3.49. The average molecular weight is 223 g/mol. The van der Waals surface area contributed by atoms with Gasteiger partial charge in [0.1, 0.15) is 5.60 Å². The van der Waals surface area contributed by atoms with E-state index in [1.165, 1.54) is 11.3 Å². The summed E-state index contributed by atoms with van der Waals surface area (Å²) in [6, 6.07) is 0.208. The predicted molar refractivity (Wildman–Crippen MR) is 58.4 cm³/mol. The molecule has 0 saturated carbocycles. The highest BCUT2D eigenvalue weighted by molar-refractivity contribution is 5.29. The van der Waals surface area contributed by atoms with Gasteiger partial charge in [-0.15, -0.1) is 0 Å². The summed E-state index contributed by atoms with van der Waals surface area (Å²) in [7, 11) is 1.71. The zero-order valence-electron chi connectivity index (χ0n) is 9.69. The second-order valence-corrected chi connectivity index (χ2v) is 4.64. The van der Waals surface area contributed by atoms with E-state index in [1.54, 1.807) is 7.11 Å². The zero-order valence-corrected chi connectivity index (χ0v) is 9.69. The van der Waals surface area contributed by atoms with Gasteiger partial charge in [0.05, 0.1) is 31.1 Å². The number of aromatic nitrogens is 2. The van der Waals surface area contributed by atoms with Crippen molar-refractivity contribution in [1.29, 1.82) is 0 Å². The van der Waals surface area contributed by atoms with E-state index >= 15 is 0 Å². The van der Waals surface area contributed by atoms with Crippen LogP contribution in [0.5, 0.6) is 0 Å². The largest absolute Gasteiger partial charge is 0.382 e. The molecular formula is C11H17N3O2. The summed E-state index contributed by atoms with van der Waals surface area (Å²) in [5.41, 5.74) is 2.30. The molecule has 1 aromatic heterocycles. The van der Waals surface area contributed by atoms with E-state index in [0.29, 0.717) is 13.2 Å². The first-order valence-electron chi connectivity index (χ1n) is 5.65. The van der Waals surface area contributed by atoms with Gasteiger partial charge in [-0.3, -0.25) is 4.68 Å². The van der Waals surface area contributed by atoms with Crippen LogP contribution in [0.25, 0.3) is 0 Å². The van der Waals surface area contributed by atoms with E-state index in [0.717, 1.165) is 13.1 Å². The number of rotatable bonds is 2. The minimum Gasteiger partial charge on any atom is -0.382 e. The van der Waals surface area contributed by atoms with Crippen molar-refractivity contribution in [3.8, 4) is 0 Å². The molecular weight excluding hydrogens is 206 g/mol. The number of hydrogen-bond donors (Lipinski definition) is 1. The molecule has 1 saturated heterocycles. The van der Waals surface area contributed by atoms with Crippen molar-refractivity contribution in [3.63, 3.8) is 0 Å². The molecule has 3 heterocycles. The van der Waals surface area contributed by atoms with Crippen molar-refractivity contribution in [2.45, 2.75) is 18.6 Å². The van der Waals surface area contributed by atoms with Crippen molar-refractivity contribution in [3.05, 3.63) is 17.5 Å². The Balaban J connectivity index is 2.01. The van der Waals surface area contributed by atoms with Crippen LogP contribution >= 0.6 is 0 Å². The summed E-state index contributed by atoms with van der Waals surface area (Å²) >= 11 is 0. The zero-order chi connectivity index (χ0) is 11.2. The summed E-state index contributed by atoms with van der Waals surface area (Å²) < 4.78 is 13.3. The lowest BCUT2D eigenvalue weighted by Gasteiger charge is -2.47. The number of ether oxygens (including phenoxy) is 2. The lowest BCUT2D eigenvalue weighted by molar-refractivity contribution is -0.131. The highest BCUT2D eigenvalue weighted by Crippen LogP contribution is 2.38. The van der Waals surface area contributed by atoms with E-state index in [2.05, 4.69) is 22.0 Å². The van der Waals surface area contributed by atoms with Crippen LogP contribution in [-0.4, -0.2) is 43.2 Å². The first-order chi connectivity index (χ1) is 7.77. The molecule has 1 atom stereocenters. The van der Waals surface area contributed by atoms with Crippen molar-refractivity contribution >= 4 is 0 Å². The Morgan fingerprint density at radius 2 is 2.50 bits per heavy atom. The standard InChI is InChI=1S/C11H17N3O2/c1-8-3-13-14-9(4-15-2)5-16-11(10(8)14)6-12-7-11/h3,9,12H,4-7H2,1-2H3. The number of nitrogens with zero attached hydrogens (tertiary/aromatic N) is 2. The minimum absolute atomic E-state index is 0.134. The van der Waals surface area contributed by atoms with E-state index in [-0.39, 0.29) is 11.6 Å². The Hall–Kier alpha value is -0.910. The lowest BCUT2D eigenvalue weighted by Crippen LogP contribution is -2.62. The summed E-state index contributed by atoms with van der Waals surface area (Å²) in [6.07, 6.45) is 1.92. The summed E-state index contributed by atoms with van der Waals surface area (Å²) in [5, 5.41) is 7.74. The molecule has 0 bridgehead atoms. The molecule has 2 aliphatic rings. The monoisotopic (exact) mass is 223 g/mol. The second kappa shape index (κ2) is 3.55. The quantitative estimate of drug-likeness (QED) is 0.778. The smallest absolute Gasteiger partial charge is 0.135 e. The molecule has 0 radical (unpaired) electrons. The fourth-order valence-electron chi connectivity index (χ4n) is 2.62. The van der Waals surface area contributed by atoms with Gasteiger partial charge in [0.15, 0.2) is 0 Å². The molecule has 1 aromatic rings. The van der Waals surface area contributed by atoms with Crippen LogP contribution in [0, 0.1) is 6.92 Å². The predicted octanol–water partition coefficient (Wildman–Crippen LogP) is 0.208. The molecule has 88 valence electrons. The maximum Gasteiger partial charge on any atom is 0.135 e. The molecule has 5 heteroatoms. The molecule has 1 unspecified atom stereocenters. The van der Waals surface area contributed by atoms with E-state index in [1.807, 2.05) is 6.20 Å². The third kappa shape index (κ3) is 1.25. The maximum absolute atomic E-state index is 6.03. The first kappa shape index (κ1) is 10.3. The number of aryl methyl sites for hydroxylation is 1. The number of fused-ring (bicyclic) bond motifs is 2. The van der Waals surface area contributed by atoms with Crippen LogP contribution in [0.15, 0.2) is 6.20 Å². The summed E-state index contributed by atoms with van der Waals surface area (Å²) in [4.78, 5) is 0. The Morgan fingerprint density at radius 1 is 1.69 bits per heavy atom. The van der Waals surface area contributed by atoms with Crippen LogP contribution in [-0.2, 0) is 15.1 Å². The molecule has 1 N–H and O–H groups in total. The van der Waals surface area contributed by atoms with Crippen molar-refractivity contribution in [1.82, 2.24) is 15.1 Å². The Labute approximate surface area is 94.7 Å². The SMILES string of the molecule is COCC1COC2(CNC2)c2c(C)cnn21. The molecule has 1 spiro atoms. The minimum atomic E-state index is -0.134. The van der Waals surface area contributed by atoms with E-state index < -0.39 is 0 Å². The topological polar surface area (TPSA) is 48.3 Å². The van der Waals surface area contributed by atoms with Crippen molar-refractivity contribution in [2.75, 3.05) is 33.4 Å². The molecule has 2 aliphatic heterocycles. The molecule has 0 amide bonds. The van der Waals surface area contributed by atoms with Crippen LogP contribution < -0.4 is 5.32 Å². The molecule has 0 aliphatic carbocycles. The van der Waals surface area contributed by atoms with Gasteiger partial charge in [0, 0.05) is 20.2 Å². The second-order valence-electron chi connectivity index (χ2n) is 4.64. The van der Waals surface area contributed by atoms with Crippen LogP contribution in [0.4, 0.5) is 0 Å². The normalized spacial score (nSPS) is 26.5. The van der Waals surface area contributed by atoms with Crippen molar-refractivity contribution in [2.24, 2.45) is 0 Å². The fourth-order valence-corrected chi connectivity index (χ4v) is 2.62. The van der Waals surface area contributed by atoms with Gasteiger partial charge >= 0.3 is 0 Å². The Morgan fingerprint density at radius 3 is 3.12 bits per heavy atom. The van der Waals surface area contributed by atoms with Gasteiger partial charge in [-0.25, -0.2) is 0 Å². The third-order valence-electron chi connectivity index (χ3n) is 3.49. The van der Waals surface area contributed by atoms with Gasteiger partial charge < -0.3 is 14.8 Å². The van der Waals surface area contributed by atoms with Gasteiger partial charge in [-0.2, -0.15) is 5.10 Å². The number of hydrogen-bond acceptors (Lipinski definition) is 4. The Bertz CT molecular complexity index is 398. The number of nitrogens with one attached hydrogen (secondary N) is 1. The van der Waals surface area contributed by atoms with Crippen LogP contribution in [0.2, 0.25) is 0 Å². The molecule has 3 rings (SSSR count).